The van der Waals surface area contributed by atoms with Crippen LogP contribution in [-0.4, -0.2) is 15.5 Å². The molecule has 0 bridgehead atoms. The molecule has 0 saturated carbocycles. The first kappa shape index (κ1) is 12.1. The maximum absolute atomic E-state index is 11.4. The standard InChI is InChI=1S/C12H8N6O/c13-4-9-11(5-14)18(6-17-9)10-3-7(15)1-2-8(10)12(16)19/h1-3,6H,15H2,(H2,16,19). The summed E-state index contributed by atoms with van der Waals surface area (Å²) >= 11 is 0. The van der Waals surface area contributed by atoms with Gasteiger partial charge in [-0.05, 0) is 18.2 Å². The Hall–Kier alpha value is -3.32. The van der Waals surface area contributed by atoms with E-state index in [1.54, 1.807) is 6.07 Å². The van der Waals surface area contributed by atoms with Crippen LogP contribution in [0.25, 0.3) is 5.69 Å². The molecule has 0 spiro atoms. The predicted octanol–water partition coefficient (Wildman–Crippen LogP) is 0.297. The van der Waals surface area contributed by atoms with E-state index in [4.69, 9.17) is 22.0 Å². The van der Waals surface area contributed by atoms with Crippen LogP contribution in [-0.2, 0) is 0 Å². The number of benzene rings is 1. The molecule has 7 nitrogen and oxygen atoms in total. The summed E-state index contributed by atoms with van der Waals surface area (Å²) in [6.07, 6.45) is 1.28. The zero-order chi connectivity index (χ0) is 14.0. The minimum absolute atomic E-state index is 0.0237. The number of amides is 1. The van der Waals surface area contributed by atoms with Gasteiger partial charge in [0.05, 0.1) is 11.3 Å². The lowest BCUT2D eigenvalue weighted by atomic mass is 10.1. The molecule has 1 amide bonds. The Morgan fingerprint density at radius 1 is 1.32 bits per heavy atom. The van der Waals surface area contributed by atoms with Gasteiger partial charge in [0.25, 0.3) is 5.91 Å². The summed E-state index contributed by atoms with van der Waals surface area (Å²) in [5.74, 6) is -0.661. The number of nitrogen functional groups attached to an aromatic ring is 1. The second kappa shape index (κ2) is 4.51. The normalized spacial score (nSPS) is 9.58. The molecule has 0 atom stereocenters. The number of nitriles is 2. The SMILES string of the molecule is N#Cc1ncn(-c2cc(N)ccc2C(N)=O)c1C#N. The first-order valence-corrected chi connectivity index (χ1v) is 5.15. The summed E-state index contributed by atoms with van der Waals surface area (Å²) < 4.78 is 1.31. The van der Waals surface area contributed by atoms with Crippen molar-refractivity contribution >= 4 is 11.6 Å². The smallest absolute Gasteiger partial charge is 0.250 e. The molecule has 0 unspecified atom stereocenters. The van der Waals surface area contributed by atoms with Crippen LogP contribution in [0.5, 0.6) is 0 Å². The Morgan fingerprint density at radius 3 is 2.63 bits per heavy atom. The maximum atomic E-state index is 11.4. The van der Waals surface area contributed by atoms with Gasteiger partial charge in [0.1, 0.15) is 18.5 Å². The molecular weight excluding hydrogens is 244 g/mol. The summed E-state index contributed by atoms with van der Waals surface area (Å²) in [5, 5.41) is 17.9. The highest BCUT2D eigenvalue weighted by Gasteiger charge is 2.16. The predicted molar refractivity (Wildman–Crippen MR) is 65.9 cm³/mol. The minimum atomic E-state index is -0.661. The molecule has 0 aliphatic carbocycles. The number of hydrogen-bond acceptors (Lipinski definition) is 5. The quantitative estimate of drug-likeness (QED) is 0.741. The van der Waals surface area contributed by atoms with Crippen molar-refractivity contribution in [3.63, 3.8) is 0 Å². The molecule has 1 aromatic carbocycles. The Labute approximate surface area is 108 Å². The molecule has 4 N–H and O–H groups in total. The lowest BCUT2D eigenvalue weighted by molar-refractivity contribution is 0.100. The van der Waals surface area contributed by atoms with Crippen molar-refractivity contribution in [1.82, 2.24) is 9.55 Å². The van der Waals surface area contributed by atoms with Gasteiger partial charge in [0, 0.05) is 5.69 Å². The van der Waals surface area contributed by atoms with Crippen LogP contribution < -0.4 is 11.5 Å². The van der Waals surface area contributed by atoms with Crippen molar-refractivity contribution < 1.29 is 4.79 Å². The molecule has 19 heavy (non-hydrogen) atoms. The van der Waals surface area contributed by atoms with Gasteiger partial charge in [-0.1, -0.05) is 0 Å². The largest absolute Gasteiger partial charge is 0.399 e. The van der Waals surface area contributed by atoms with Gasteiger partial charge >= 0.3 is 0 Å². The topological polar surface area (TPSA) is 135 Å². The van der Waals surface area contributed by atoms with Crippen LogP contribution in [0.2, 0.25) is 0 Å². The van der Waals surface area contributed by atoms with Crippen molar-refractivity contribution in [3.05, 3.63) is 41.5 Å². The third-order valence-corrected chi connectivity index (χ3v) is 2.53. The zero-order valence-corrected chi connectivity index (χ0v) is 9.66. The third-order valence-electron chi connectivity index (χ3n) is 2.53. The van der Waals surface area contributed by atoms with Crippen molar-refractivity contribution in [2.75, 3.05) is 5.73 Å². The number of nitrogens with two attached hydrogens (primary N) is 2. The number of primary amides is 1. The van der Waals surface area contributed by atoms with E-state index in [0.29, 0.717) is 11.4 Å². The van der Waals surface area contributed by atoms with Crippen LogP contribution in [0.15, 0.2) is 24.5 Å². The number of imidazole rings is 1. The van der Waals surface area contributed by atoms with E-state index >= 15 is 0 Å². The van der Waals surface area contributed by atoms with Crippen LogP contribution in [0, 0.1) is 22.7 Å². The van der Waals surface area contributed by atoms with Crippen LogP contribution in [0.1, 0.15) is 21.7 Å². The highest BCUT2D eigenvalue weighted by molar-refractivity contribution is 5.97. The molecule has 1 heterocycles. The molecule has 92 valence electrons. The number of aromatic nitrogens is 2. The molecule has 0 aliphatic rings. The Kier molecular flexibility index (Phi) is 2.88. The monoisotopic (exact) mass is 252 g/mol. The summed E-state index contributed by atoms with van der Waals surface area (Å²) in [4.78, 5) is 15.2. The molecule has 0 fully saturated rings. The van der Waals surface area contributed by atoms with E-state index in [1.807, 2.05) is 6.07 Å². The molecule has 0 aliphatic heterocycles. The fraction of sp³-hybridized carbons (Fsp3) is 0. The Balaban J connectivity index is 2.76. The van der Waals surface area contributed by atoms with Crippen LogP contribution in [0.4, 0.5) is 5.69 Å². The second-order valence-electron chi connectivity index (χ2n) is 3.68. The number of carbonyl (C=O) groups excluding carboxylic acids is 1. The van der Waals surface area contributed by atoms with Gasteiger partial charge in [0.2, 0.25) is 0 Å². The molecule has 2 rings (SSSR count). The lowest BCUT2D eigenvalue weighted by Gasteiger charge is -2.09. The van der Waals surface area contributed by atoms with Crippen molar-refractivity contribution in [2.24, 2.45) is 5.73 Å². The molecule has 1 aromatic heterocycles. The average Bonchev–Trinajstić information content (AvgIpc) is 2.80. The maximum Gasteiger partial charge on any atom is 0.250 e. The number of hydrogen-bond donors (Lipinski definition) is 2. The van der Waals surface area contributed by atoms with Gasteiger partial charge < -0.3 is 11.5 Å². The van der Waals surface area contributed by atoms with Gasteiger partial charge in [0.15, 0.2) is 11.4 Å². The van der Waals surface area contributed by atoms with E-state index in [0.717, 1.165) is 0 Å². The highest BCUT2D eigenvalue weighted by Crippen LogP contribution is 2.21. The van der Waals surface area contributed by atoms with Gasteiger partial charge in [-0.25, -0.2) is 4.98 Å². The van der Waals surface area contributed by atoms with Crippen molar-refractivity contribution in [2.45, 2.75) is 0 Å². The number of nitrogens with zero attached hydrogens (tertiary/aromatic N) is 4. The summed E-state index contributed by atoms with van der Waals surface area (Å²) in [7, 11) is 0. The molecule has 0 radical (unpaired) electrons. The van der Waals surface area contributed by atoms with Gasteiger partial charge in [-0.15, -0.1) is 0 Å². The fourth-order valence-electron chi connectivity index (χ4n) is 1.68. The van der Waals surface area contributed by atoms with Gasteiger partial charge in [-0.3, -0.25) is 9.36 Å². The van der Waals surface area contributed by atoms with E-state index < -0.39 is 5.91 Å². The summed E-state index contributed by atoms with van der Waals surface area (Å²) in [6.45, 7) is 0. The number of carbonyl (C=O) groups is 1. The van der Waals surface area contributed by atoms with Crippen LogP contribution >= 0.6 is 0 Å². The third kappa shape index (κ3) is 1.96. The summed E-state index contributed by atoms with van der Waals surface area (Å²) in [5.41, 5.74) is 11.8. The average molecular weight is 252 g/mol. The first-order valence-electron chi connectivity index (χ1n) is 5.15. The first-order chi connectivity index (χ1) is 9.08. The molecular formula is C12H8N6O. The minimum Gasteiger partial charge on any atom is -0.399 e. The van der Waals surface area contributed by atoms with Crippen molar-refractivity contribution in [3.8, 4) is 17.8 Å². The fourth-order valence-corrected chi connectivity index (χ4v) is 1.68. The molecule has 2 aromatic rings. The molecule has 0 saturated heterocycles. The zero-order valence-electron chi connectivity index (χ0n) is 9.66. The van der Waals surface area contributed by atoms with E-state index in [-0.39, 0.29) is 17.0 Å². The Bertz CT molecular complexity index is 747. The van der Waals surface area contributed by atoms with Crippen LogP contribution in [0.3, 0.4) is 0 Å². The van der Waals surface area contributed by atoms with Gasteiger partial charge in [-0.2, -0.15) is 10.5 Å². The summed E-state index contributed by atoms with van der Waals surface area (Å²) in [6, 6.07) is 8.14. The van der Waals surface area contributed by atoms with E-state index in [2.05, 4.69) is 4.98 Å². The Morgan fingerprint density at radius 2 is 2.05 bits per heavy atom. The van der Waals surface area contributed by atoms with E-state index in [9.17, 15) is 4.79 Å². The number of anilines is 1. The highest BCUT2D eigenvalue weighted by atomic mass is 16.1. The lowest BCUT2D eigenvalue weighted by Crippen LogP contribution is -2.15. The van der Waals surface area contributed by atoms with E-state index in [1.165, 1.54) is 29.1 Å². The number of rotatable bonds is 2. The van der Waals surface area contributed by atoms with Crippen molar-refractivity contribution in [1.29, 1.82) is 10.5 Å². The second-order valence-corrected chi connectivity index (χ2v) is 3.68. The molecule has 7 heteroatoms.